The molecule has 1 aliphatic rings. The maximum Gasteiger partial charge on any atom is 0.0928 e. The van der Waals surface area contributed by atoms with E-state index >= 15 is 0 Å². The van der Waals surface area contributed by atoms with E-state index in [1.54, 1.807) is 14.2 Å². The van der Waals surface area contributed by atoms with Gasteiger partial charge < -0.3 is 14.8 Å². The summed E-state index contributed by atoms with van der Waals surface area (Å²) in [6.45, 7) is 2.35. The maximum absolute atomic E-state index is 5.32. The lowest BCUT2D eigenvalue weighted by Crippen LogP contribution is -2.31. The summed E-state index contributed by atoms with van der Waals surface area (Å²) in [4.78, 5) is 0. The molecule has 18 heavy (non-hydrogen) atoms. The van der Waals surface area contributed by atoms with Crippen molar-refractivity contribution in [2.24, 2.45) is 0 Å². The Bertz CT molecular complexity index is 379. The molecule has 1 unspecified atom stereocenters. The third-order valence-corrected chi connectivity index (χ3v) is 3.55. The first kappa shape index (κ1) is 13.5. The van der Waals surface area contributed by atoms with Gasteiger partial charge in [-0.1, -0.05) is 18.2 Å². The molecule has 0 fully saturated rings. The van der Waals surface area contributed by atoms with Crippen LogP contribution in [0.25, 0.3) is 0 Å². The lowest BCUT2D eigenvalue weighted by atomic mass is 10.1. The van der Waals surface area contributed by atoms with Crippen LogP contribution < -0.4 is 5.32 Å². The number of aryl methyl sites for hydroxylation is 2. The summed E-state index contributed by atoms with van der Waals surface area (Å²) in [5.41, 5.74) is 4.44. The SMILES string of the molecule is COCC(CNCc1ccc2c(c1)CCC2)OC. The van der Waals surface area contributed by atoms with E-state index in [1.165, 1.54) is 36.0 Å². The van der Waals surface area contributed by atoms with Gasteiger partial charge in [0.2, 0.25) is 0 Å². The van der Waals surface area contributed by atoms with Gasteiger partial charge >= 0.3 is 0 Å². The van der Waals surface area contributed by atoms with Crippen LogP contribution in [0.1, 0.15) is 23.1 Å². The summed E-state index contributed by atoms with van der Waals surface area (Å²) in [7, 11) is 3.42. The summed E-state index contributed by atoms with van der Waals surface area (Å²) in [6, 6.07) is 6.85. The minimum absolute atomic E-state index is 0.129. The number of fused-ring (bicyclic) bond motifs is 1. The van der Waals surface area contributed by atoms with Gasteiger partial charge in [0.05, 0.1) is 12.7 Å². The van der Waals surface area contributed by atoms with Gasteiger partial charge in [0, 0.05) is 27.3 Å². The predicted octanol–water partition coefficient (Wildman–Crippen LogP) is 1.93. The Hall–Kier alpha value is -0.900. The zero-order valence-corrected chi connectivity index (χ0v) is 11.4. The molecule has 1 N–H and O–H groups in total. The van der Waals surface area contributed by atoms with Gasteiger partial charge in [0.25, 0.3) is 0 Å². The molecule has 1 aromatic carbocycles. The molecule has 3 heteroatoms. The third kappa shape index (κ3) is 3.55. The zero-order chi connectivity index (χ0) is 12.8. The van der Waals surface area contributed by atoms with E-state index in [0.29, 0.717) is 6.61 Å². The maximum atomic E-state index is 5.32. The highest BCUT2D eigenvalue weighted by molar-refractivity contribution is 5.35. The number of methoxy groups -OCH3 is 2. The number of nitrogens with one attached hydrogen (secondary N) is 1. The lowest BCUT2D eigenvalue weighted by Gasteiger charge is -2.15. The molecule has 2 rings (SSSR count). The first-order chi connectivity index (χ1) is 8.83. The summed E-state index contributed by atoms with van der Waals surface area (Å²) in [6.07, 6.45) is 3.94. The van der Waals surface area contributed by atoms with E-state index in [1.807, 2.05) is 0 Å². The molecule has 0 saturated heterocycles. The van der Waals surface area contributed by atoms with Crippen LogP contribution in [-0.2, 0) is 28.9 Å². The Morgan fingerprint density at radius 1 is 1.22 bits per heavy atom. The van der Waals surface area contributed by atoms with Crippen LogP contribution in [-0.4, -0.2) is 33.5 Å². The highest BCUT2D eigenvalue weighted by Crippen LogP contribution is 2.22. The summed E-state index contributed by atoms with van der Waals surface area (Å²) in [5, 5.41) is 3.42. The standard InChI is InChI=1S/C15H23NO2/c1-17-11-15(18-2)10-16-9-12-6-7-13-4-3-5-14(13)8-12/h6-8,15-16H,3-5,9-11H2,1-2H3. The molecule has 0 radical (unpaired) electrons. The van der Waals surface area contributed by atoms with Crippen LogP contribution in [0.4, 0.5) is 0 Å². The van der Waals surface area contributed by atoms with Crippen molar-refractivity contribution in [3.8, 4) is 0 Å². The zero-order valence-electron chi connectivity index (χ0n) is 11.4. The van der Waals surface area contributed by atoms with Gasteiger partial charge in [-0.15, -0.1) is 0 Å². The molecule has 1 atom stereocenters. The molecule has 1 aliphatic carbocycles. The molecule has 0 aromatic heterocycles. The molecule has 0 heterocycles. The van der Waals surface area contributed by atoms with Crippen LogP contribution in [0.3, 0.4) is 0 Å². The van der Waals surface area contributed by atoms with Gasteiger partial charge in [0.15, 0.2) is 0 Å². The quantitative estimate of drug-likeness (QED) is 0.801. The smallest absolute Gasteiger partial charge is 0.0928 e. The first-order valence-corrected chi connectivity index (χ1v) is 6.66. The number of hydrogen-bond acceptors (Lipinski definition) is 3. The van der Waals surface area contributed by atoms with Crippen molar-refractivity contribution in [2.75, 3.05) is 27.4 Å². The van der Waals surface area contributed by atoms with Crippen molar-refractivity contribution in [1.29, 1.82) is 0 Å². The second kappa shape index (κ2) is 6.88. The monoisotopic (exact) mass is 249 g/mol. The number of rotatable bonds is 7. The average molecular weight is 249 g/mol. The number of hydrogen-bond donors (Lipinski definition) is 1. The normalized spacial score (nSPS) is 15.7. The van der Waals surface area contributed by atoms with E-state index in [-0.39, 0.29) is 6.10 Å². The van der Waals surface area contributed by atoms with Crippen molar-refractivity contribution in [1.82, 2.24) is 5.32 Å². The fourth-order valence-corrected chi connectivity index (χ4v) is 2.51. The minimum Gasteiger partial charge on any atom is -0.382 e. The van der Waals surface area contributed by atoms with Gasteiger partial charge in [-0.2, -0.15) is 0 Å². The summed E-state index contributed by atoms with van der Waals surface area (Å²) in [5.74, 6) is 0. The largest absolute Gasteiger partial charge is 0.382 e. The average Bonchev–Trinajstić information content (AvgIpc) is 2.85. The van der Waals surface area contributed by atoms with Crippen LogP contribution in [0.5, 0.6) is 0 Å². The molecule has 0 aliphatic heterocycles. The highest BCUT2D eigenvalue weighted by Gasteiger charge is 2.11. The van der Waals surface area contributed by atoms with Crippen molar-refractivity contribution in [3.05, 3.63) is 34.9 Å². The molecule has 0 amide bonds. The van der Waals surface area contributed by atoms with Gasteiger partial charge in [-0.3, -0.25) is 0 Å². The molecule has 1 aromatic rings. The summed E-state index contributed by atoms with van der Waals surface area (Å²) >= 11 is 0. The van der Waals surface area contributed by atoms with Gasteiger partial charge in [0.1, 0.15) is 0 Å². The third-order valence-electron chi connectivity index (χ3n) is 3.55. The Balaban J connectivity index is 1.79. The van der Waals surface area contributed by atoms with Crippen molar-refractivity contribution in [3.63, 3.8) is 0 Å². The molecular weight excluding hydrogens is 226 g/mol. The van der Waals surface area contributed by atoms with Gasteiger partial charge in [-0.25, -0.2) is 0 Å². The second-order valence-corrected chi connectivity index (χ2v) is 4.90. The Labute approximate surface area is 109 Å². The van der Waals surface area contributed by atoms with Crippen molar-refractivity contribution >= 4 is 0 Å². The van der Waals surface area contributed by atoms with E-state index < -0.39 is 0 Å². The van der Waals surface area contributed by atoms with Crippen LogP contribution in [0, 0.1) is 0 Å². The number of ether oxygens (including phenoxy) is 2. The fourth-order valence-electron chi connectivity index (χ4n) is 2.51. The second-order valence-electron chi connectivity index (χ2n) is 4.90. The van der Waals surface area contributed by atoms with E-state index in [2.05, 4.69) is 23.5 Å². The minimum atomic E-state index is 0.129. The van der Waals surface area contributed by atoms with E-state index in [0.717, 1.165) is 13.1 Å². The fraction of sp³-hybridized carbons (Fsp3) is 0.600. The van der Waals surface area contributed by atoms with E-state index in [9.17, 15) is 0 Å². The van der Waals surface area contributed by atoms with Crippen molar-refractivity contribution < 1.29 is 9.47 Å². The van der Waals surface area contributed by atoms with E-state index in [4.69, 9.17) is 9.47 Å². The highest BCUT2D eigenvalue weighted by atomic mass is 16.5. The van der Waals surface area contributed by atoms with Crippen LogP contribution in [0.2, 0.25) is 0 Å². The first-order valence-electron chi connectivity index (χ1n) is 6.66. The molecule has 100 valence electrons. The van der Waals surface area contributed by atoms with Crippen molar-refractivity contribution in [2.45, 2.75) is 31.9 Å². The summed E-state index contributed by atoms with van der Waals surface area (Å²) < 4.78 is 10.4. The molecular formula is C15H23NO2. The number of benzene rings is 1. The Morgan fingerprint density at radius 3 is 2.83 bits per heavy atom. The van der Waals surface area contributed by atoms with Crippen LogP contribution in [0.15, 0.2) is 18.2 Å². The molecule has 0 bridgehead atoms. The van der Waals surface area contributed by atoms with Crippen LogP contribution >= 0.6 is 0 Å². The predicted molar refractivity (Wildman–Crippen MR) is 72.8 cm³/mol. The Kier molecular flexibility index (Phi) is 5.17. The lowest BCUT2D eigenvalue weighted by molar-refractivity contribution is 0.0288. The molecule has 0 saturated carbocycles. The van der Waals surface area contributed by atoms with Gasteiger partial charge in [-0.05, 0) is 36.0 Å². The Morgan fingerprint density at radius 2 is 2.06 bits per heavy atom. The molecule has 0 spiro atoms. The topological polar surface area (TPSA) is 30.5 Å². The molecule has 3 nitrogen and oxygen atoms in total.